The number of benzene rings is 1. The van der Waals surface area contributed by atoms with Gasteiger partial charge in [-0.05, 0) is 19.1 Å². The van der Waals surface area contributed by atoms with Gasteiger partial charge in [0.25, 0.3) is 0 Å². The first-order chi connectivity index (χ1) is 10.3. The molecular weight excluding hydrogens is 326 g/mol. The molecule has 2 heterocycles. The number of fused-ring (bicyclic) bond motifs is 1. The van der Waals surface area contributed by atoms with E-state index < -0.39 is 10.0 Å². The molecule has 0 spiro atoms. The maximum absolute atomic E-state index is 12.4. The Morgan fingerprint density at radius 2 is 2.27 bits per heavy atom. The minimum Gasteiger partial charge on any atom is -0.489 e. The molecule has 1 atom stereocenters. The van der Waals surface area contributed by atoms with E-state index in [-0.39, 0.29) is 17.5 Å². The minimum absolute atomic E-state index is 0.00815. The molecule has 1 unspecified atom stereocenters. The third-order valence-electron chi connectivity index (χ3n) is 3.46. The van der Waals surface area contributed by atoms with Gasteiger partial charge in [-0.3, -0.25) is 4.68 Å². The number of ether oxygens (including phenoxy) is 1. The SMILES string of the molecule is CC1Cc2cc(S(=O)(=O)NCc3cnn(C)c3)cc(Cl)c2O1. The summed E-state index contributed by atoms with van der Waals surface area (Å²) in [7, 11) is -1.86. The minimum atomic E-state index is -3.64. The molecule has 6 nitrogen and oxygen atoms in total. The lowest BCUT2D eigenvalue weighted by Crippen LogP contribution is -2.23. The lowest BCUT2D eigenvalue weighted by atomic mass is 10.1. The van der Waals surface area contributed by atoms with Crippen LogP contribution in [0.5, 0.6) is 5.75 Å². The standard InChI is InChI=1S/C14H16ClN3O3S/c1-9-3-11-4-12(5-13(15)14(11)21-9)22(19,20)17-7-10-6-16-18(2)8-10/h4-6,8-9,17H,3,7H2,1-2H3. The van der Waals surface area contributed by atoms with Crippen LogP contribution in [0.1, 0.15) is 18.1 Å². The molecule has 8 heteroatoms. The Morgan fingerprint density at radius 1 is 1.50 bits per heavy atom. The van der Waals surface area contributed by atoms with Gasteiger partial charge in [-0.1, -0.05) is 11.6 Å². The molecule has 0 amide bonds. The molecule has 3 rings (SSSR count). The van der Waals surface area contributed by atoms with E-state index in [1.165, 1.54) is 6.07 Å². The van der Waals surface area contributed by atoms with Crippen LogP contribution >= 0.6 is 11.6 Å². The van der Waals surface area contributed by atoms with E-state index in [0.29, 0.717) is 17.2 Å². The van der Waals surface area contributed by atoms with Crippen molar-refractivity contribution in [3.63, 3.8) is 0 Å². The van der Waals surface area contributed by atoms with Gasteiger partial charge in [0.1, 0.15) is 11.9 Å². The molecule has 0 aliphatic carbocycles. The van der Waals surface area contributed by atoms with Crippen LogP contribution in [0.4, 0.5) is 0 Å². The molecular formula is C14H16ClN3O3S. The predicted molar refractivity (Wildman–Crippen MR) is 82.5 cm³/mol. The zero-order valence-electron chi connectivity index (χ0n) is 12.2. The Labute approximate surface area is 134 Å². The van der Waals surface area contributed by atoms with Crippen molar-refractivity contribution in [3.8, 4) is 5.75 Å². The van der Waals surface area contributed by atoms with Crippen LogP contribution in [0, 0.1) is 0 Å². The van der Waals surface area contributed by atoms with Crippen LogP contribution in [-0.4, -0.2) is 24.3 Å². The quantitative estimate of drug-likeness (QED) is 0.921. The second-order valence-electron chi connectivity index (χ2n) is 5.37. The number of hydrogen-bond donors (Lipinski definition) is 1. The molecule has 1 N–H and O–H groups in total. The number of hydrogen-bond acceptors (Lipinski definition) is 4. The Kier molecular flexibility index (Phi) is 3.88. The van der Waals surface area contributed by atoms with Gasteiger partial charge in [0.2, 0.25) is 10.0 Å². The molecule has 0 fully saturated rings. The maximum Gasteiger partial charge on any atom is 0.240 e. The third-order valence-corrected chi connectivity index (χ3v) is 5.12. The summed E-state index contributed by atoms with van der Waals surface area (Å²) in [6, 6.07) is 3.04. The summed E-state index contributed by atoms with van der Waals surface area (Å²) in [5, 5.41) is 4.33. The highest BCUT2D eigenvalue weighted by molar-refractivity contribution is 7.89. The number of aryl methyl sites for hydroxylation is 1. The second-order valence-corrected chi connectivity index (χ2v) is 7.55. The summed E-state index contributed by atoms with van der Waals surface area (Å²) in [4.78, 5) is 0.151. The Morgan fingerprint density at radius 3 is 2.95 bits per heavy atom. The number of nitrogens with zero attached hydrogens (tertiary/aromatic N) is 2. The lowest BCUT2D eigenvalue weighted by molar-refractivity contribution is 0.255. The maximum atomic E-state index is 12.4. The Bertz CT molecular complexity index is 817. The Balaban J connectivity index is 1.83. The van der Waals surface area contributed by atoms with E-state index in [9.17, 15) is 8.42 Å². The van der Waals surface area contributed by atoms with E-state index in [0.717, 1.165) is 11.1 Å². The van der Waals surface area contributed by atoms with Crippen molar-refractivity contribution < 1.29 is 13.2 Å². The highest BCUT2D eigenvalue weighted by atomic mass is 35.5. The fourth-order valence-corrected chi connectivity index (χ4v) is 3.88. The summed E-state index contributed by atoms with van der Waals surface area (Å²) >= 11 is 6.14. The van der Waals surface area contributed by atoms with E-state index in [2.05, 4.69) is 9.82 Å². The highest BCUT2D eigenvalue weighted by Gasteiger charge is 2.25. The van der Waals surface area contributed by atoms with E-state index in [1.54, 1.807) is 30.2 Å². The number of nitrogens with one attached hydrogen (secondary N) is 1. The van der Waals surface area contributed by atoms with Crippen molar-refractivity contribution in [1.29, 1.82) is 0 Å². The zero-order chi connectivity index (χ0) is 15.9. The van der Waals surface area contributed by atoms with E-state index >= 15 is 0 Å². The molecule has 118 valence electrons. The van der Waals surface area contributed by atoms with Gasteiger partial charge >= 0.3 is 0 Å². The molecule has 2 aromatic rings. The predicted octanol–water partition coefficient (Wildman–Crippen LogP) is 1.88. The van der Waals surface area contributed by atoms with Crippen LogP contribution in [0.2, 0.25) is 5.02 Å². The average Bonchev–Trinajstić information content (AvgIpc) is 3.02. The third kappa shape index (κ3) is 2.97. The zero-order valence-corrected chi connectivity index (χ0v) is 13.8. The van der Waals surface area contributed by atoms with Crippen molar-refractivity contribution in [3.05, 3.63) is 40.7 Å². The molecule has 0 saturated carbocycles. The second kappa shape index (κ2) is 5.57. The normalized spacial score (nSPS) is 17.3. The molecule has 22 heavy (non-hydrogen) atoms. The number of aromatic nitrogens is 2. The topological polar surface area (TPSA) is 73.2 Å². The van der Waals surface area contributed by atoms with Gasteiger partial charge in [-0.15, -0.1) is 0 Å². The van der Waals surface area contributed by atoms with Gasteiger partial charge < -0.3 is 4.74 Å². The van der Waals surface area contributed by atoms with Gasteiger partial charge in [0, 0.05) is 37.3 Å². The largest absolute Gasteiger partial charge is 0.489 e. The number of halogens is 1. The van der Waals surface area contributed by atoms with Crippen molar-refractivity contribution in [2.24, 2.45) is 7.05 Å². The Hall–Kier alpha value is -1.57. The van der Waals surface area contributed by atoms with E-state index in [4.69, 9.17) is 16.3 Å². The van der Waals surface area contributed by atoms with Crippen molar-refractivity contribution in [1.82, 2.24) is 14.5 Å². The summed E-state index contributed by atoms with van der Waals surface area (Å²) < 4.78 is 34.6. The fourth-order valence-electron chi connectivity index (χ4n) is 2.44. The average molecular weight is 342 g/mol. The summed E-state index contributed by atoms with van der Waals surface area (Å²) in [5.74, 6) is 0.584. The molecule has 1 aromatic heterocycles. The first-order valence-corrected chi connectivity index (χ1v) is 8.67. The highest BCUT2D eigenvalue weighted by Crippen LogP contribution is 2.37. The van der Waals surface area contributed by atoms with Gasteiger partial charge in [0.05, 0.1) is 16.1 Å². The van der Waals surface area contributed by atoms with Gasteiger partial charge in [-0.25, -0.2) is 13.1 Å². The lowest BCUT2D eigenvalue weighted by Gasteiger charge is -2.09. The molecule has 1 aliphatic rings. The molecule has 0 bridgehead atoms. The van der Waals surface area contributed by atoms with Crippen LogP contribution in [0.15, 0.2) is 29.4 Å². The smallest absolute Gasteiger partial charge is 0.240 e. The first kappa shape index (κ1) is 15.3. The molecule has 0 saturated heterocycles. The number of sulfonamides is 1. The van der Waals surface area contributed by atoms with Crippen molar-refractivity contribution >= 4 is 21.6 Å². The van der Waals surface area contributed by atoms with E-state index in [1.807, 2.05) is 6.92 Å². The van der Waals surface area contributed by atoms with Crippen LogP contribution in [-0.2, 0) is 30.0 Å². The number of rotatable bonds is 4. The molecule has 0 radical (unpaired) electrons. The summed E-state index contributed by atoms with van der Waals surface area (Å²) in [5.41, 5.74) is 1.61. The van der Waals surface area contributed by atoms with Crippen molar-refractivity contribution in [2.75, 3.05) is 0 Å². The fraction of sp³-hybridized carbons (Fsp3) is 0.357. The van der Waals surface area contributed by atoms with Gasteiger partial charge in [0.15, 0.2) is 0 Å². The van der Waals surface area contributed by atoms with Crippen LogP contribution in [0.25, 0.3) is 0 Å². The van der Waals surface area contributed by atoms with Crippen LogP contribution in [0.3, 0.4) is 0 Å². The molecule has 1 aliphatic heterocycles. The van der Waals surface area contributed by atoms with Gasteiger partial charge in [-0.2, -0.15) is 5.10 Å². The summed E-state index contributed by atoms with van der Waals surface area (Å²) in [6.07, 6.45) is 4.04. The van der Waals surface area contributed by atoms with Crippen molar-refractivity contribution in [2.45, 2.75) is 30.9 Å². The van der Waals surface area contributed by atoms with Crippen LogP contribution < -0.4 is 9.46 Å². The monoisotopic (exact) mass is 341 g/mol. The first-order valence-electron chi connectivity index (χ1n) is 6.81. The molecule has 1 aromatic carbocycles. The summed E-state index contributed by atoms with van der Waals surface area (Å²) in [6.45, 7) is 2.10.